The number of pyridine rings is 2. The number of fused-ring (bicyclic) bond motifs is 1. The fourth-order valence-electron chi connectivity index (χ4n) is 5.86. The van der Waals surface area contributed by atoms with Crippen molar-refractivity contribution in [3.8, 4) is 11.8 Å². The lowest BCUT2D eigenvalue weighted by molar-refractivity contribution is -0.128. The molecule has 0 saturated carbocycles. The van der Waals surface area contributed by atoms with Gasteiger partial charge in [0.05, 0.1) is 46.9 Å². The van der Waals surface area contributed by atoms with Crippen molar-refractivity contribution >= 4 is 22.8 Å². The Balaban J connectivity index is 1.78. The number of aliphatic hydroxyl groups excluding tert-OH is 1. The van der Waals surface area contributed by atoms with E-state index in [1.54, 1.807) is 22.1 Å². The molecule has 1 aliphatic heterocycles. The summed E-state index contributed by atoms with van der Waals surface area (Å²) in [7, 11) is 0. The van der Waals surface area contributed by atoms with Gasteiger partial charge in [0.15, 0.2) is 5.65 Å². The molecule has 1 aliphatic carbocycles. The maximum Gasteiger partial charge on any atom is 0.355 e. The number of piperazine rings is 1. The summed E-state index contributed by atoms with van der Waals surface area (Å²) < 4.78 is 31.9. The van der Waals surface area contributed by atoms with Gasteiger partial charge in [-0.3, -0.25) is 9.78 Å². The Kier molecular flexibility index (Phi) is 8.96. The molecule has 0 aromatic carbocycles. The van der Waals surface area contributed by atoms with E-state index >= 15 is 4.39 Å². The van der Waals surface area contributed by atoms with Gasteiger partial charge in [0.1, 0.15) is 17.5 Å². The van der Waals surface area contributed by atoms with Crippen molar-refractivity contribution in [3.63, 3.8) is 0 Å². The summed E-state index contributed by atoms with van der Waals surface area (Å²) in [5.74, 6) is -2.69. The predicted octanol–water partition coefficient (Wildman–Crippen LogP) is 3.99. The van der Waals surface area contributed by atoms with Crippen molar-refractivity contribution in [1.29, 1.82) is 5.26 Å². The van der Waals surface area contributed by atoms with E-state index in [-0.39, 0.29) is 67.0 Å². The van der Waals surface area contributed by atoms with Gasteiger partial charge < -0.3 is 14.9 Å². The zero-order valence-corrected chi connectivity index (χ0v) is 24.6. The van der Waals surface area contributed by atoms with Gasteiger partial charge in [0, 0.05) is 32.4 Å². The number of carbonyl (C=O) groups excluding carboxylic acids is 1. The molecule has 0 radical (unpaired) electrons. The van der Waals surface area contributed by atoms with E-state index in [4.69, 9.17) is 0 Å². The first-order chi connectivity index (χ1) is 21.2. The van der Waals surface area contributed by atoms with Crippen molar-refractivity contribution in [2.24, 2.45) is 0 Å². The summed E-state index contributed by atoms with van der Waals surface area (Å²) in [6.07, 6.45) is 7.94. The minimum Gasteiger partial charge on any atom is -0.396 e. The second kappa shape index (κ2) is 12.9. The fourth-order valence-corrected chi connectivity index (χ4v) is 5.86. The van der Waals surface area contributed by atoms with Crippen molar-refractivity contribution in [2.75, 3.05) is 31.1 Å². The van der Waals surface area contributed by atoms with Crippen LogP contribution in [-0.2, 0) is 11.2 Å². The van der Waals surface area contributed by atoms with Crippen LogP contribution in [-0.4, -0.2) is 67.7 Å². The Morgan fingerprint density at radius 3 is 2.75 bits per heavy atom. The quantitative estimate of drug-likeness (QED) is 0.365. The number of allylic oxidation sites excluding steroid dienone is 4. The molecule has 1 unspecified atom stereocenters. The number of nitriles is 1. The van der Waals surface area contributed by atoms with Gasteiger partial charge in [-0.25, -0.2) is 23.1 Å². The summed E-state index contributed by atoms with van der Waals surface area (Å²) in [6.45, 7) is 7.99. The maximum atomic E-state index is 15.8. The highest BCUT2D eigenvalue weighted by Gasteiger charge is 2.33. The zero-order chi connectivity index (χ0) is 31.5. The van der Waals surface area contributed by atoms with E-state index in [2.05, 4.69) is 27.6 Å². The van der Waals surface area contributed by atoms with Gasteiger partial charge in [-0.05, 0) is 48.6 Å². The zero-order valence-electron chi connectivity index (χ0n) is 24.6. The average Bonchev–Trinajstić information content (AvgIpc) is 3.44. The van der Waals surface area contributed by atoms with Crippen LogP contribution in [0.25, 0.3) is 16.7 Å². The standard InChI is InChI=1S/C32H33F2N7O3/c1-4-26(43)40-15-14-39(18-21(40)10-12-35)30-23-17-25(34)28(22-8-5-9-24(22)33)37-31(23)41(32(44)38-30)29-20(7-6-16-42)11-13-36-27(29)19(2)3/h4-5,8-9,11,13,17,19,21-22,42H,1,6-7,10,14-16,18H2,2-3H3/t21-,22?/m0/s1. The number of amides is 1. The third-order valence-electron chi connectivity index (χ3n) is 7.96. The summed E-state index contributed by atoms with van der Waals surface area (Å²) in [5, 5.41) is 19.2. The molecular formula is C32H33F2N7O3. The minimum atomic E-state index is -1.06. The maximum absolute atomic E-state index is 15.8. The molecule has 0 spiro atoms. The normalized spacial score (nSPS) is 18.2. The number of halogens is 2. The van der Waals surface area contributed by atoms with E-state index < -0.39 is 29.3 Å². The van der Waals surface area contributed by atoms with Gasteiger partial charge >= 0.3 is 5.69 Å². The molecule has 10 nitrogen and oxygen atoms in total. The van der Waals surface area contributed by atoms with Crippen LogP contribution in [0.4, 0.5) is 14.6 Å². The average molecular weight is 602 g/mol. The summed E-state index contributed by atoms with van der Waals surface area (Å²) in [6, 6.07) is 4.56. The summed E-state index contributed by atoms with van der Waals surface area (Å²) in [4.78, 5) is 43.5. The molecule has 1 amide bonds. The van der Waals surface area contributed by atoms with Crippen LogP contribution in [0.3, 0.4) is 0 Å². The number of rotatable bonds is 9. The highest BCUT2D eigenvalue weighted by Crippen LogP contribution is 2.36. The van der Waals surface area contributed by atoms with Crippen LogP contribution in [0.5, 0.6) is 0 Å². The van der Waals surface area contributed by atoms with Crippen LogP contribution < -0.4 is 10.6 Å². The topological polar surface area (TPSA) is 128 Å². The second-order valence-corrected chi connectivity index (χ2v) is 11.1. The SMILES string of the molecule is C=CC(=O)N1CCN(c2nc(=O)n(-c3c(CCCO)ccnc3C(C)C)c3nc(C4C=CC=C4F)c(F)cc23)C[C@@H]1CC#N. The highest BCUT2D eigenvalue weighted by atomic mass is 19.1. The van der Waals surface area contributed by atoms with Gasteiger partial charge in [0.25, 0.3) is 0 Å². The number of aryl methyl sites for hydroxylation is 1. The van der Waals surface area contributed by atoms with Crippen molar-refractivity contribution in [2.45, 2.75) is 51.0 Å². The third kappa shape index (κ3) is 5.63. The van der Waals surface area contributed by atoms with E-state index in [0.717, 1.165) is 5.56 Å². The number of hydrogen-bond acceptors (Lipinski definition) is 8. The van der Waals surface area contributed by atoms with Gasteiger partial charge in [-0.1, -0.05) is 32.6 Å². The Morgan fingerprint density at radius 2 is 2.09 bits per heavy atom. The summed E-state index contributed by atoms with van der Waals surface area (Å²) >= 11 is 0. The fraction of sp³-hybridized carbons (Fsp3) is 0.375. The largest absolute Gasteiger partial charge is 0.396 e. The Hall–Kier alpha value is -4.76. The second-order valence-electron chi connectivity index (χ2n) is 11.1. The van der Waals surface area contributed by atoms with Crippen LogP contribution in [0, 0.1) is 17.1 Å². The first-order valence-electron chi connectivity index (χ1n) is 14.5. The molecular weight excluding hydrogens is 568 g/mol. The Labute approximate surface area is 253 Å². The van der Waals surface area contributed by atoms with E-state index in [0.29, 0.717) is 24.2 Å². The number of aromatic nitrogens is 4. The molecule has 12 heteroatoms. The molecule has 1 saturated heterocycles. The highest BCUT2D eigenvalue weighted by molar-refractivity contribution is 5.90. The lowest BCUT2D eigenvalue weighted by Gasteiger charge is -2.41. The van der Waals surface area contributed by atoms with E-state index in [1.165, 1.54) is 34.9 Å². The monoisotopic (exact) mass is 601 g/mol. The first-order valence-corrected chi connectivity index (χ1v) is 14.5. The van der Waals surface area contributed by atoms with Gasteiger partial charge in [-0.2, -0.15) is 10.2 Å². The van der Waals surface area contributed by atoms with Crippen LogP contribution in [0.1, 0.15) is 55.5 Å². The molecule has 2 atom stereocenters. The van der Waals surface area contributed by atoms with Crippen molar-refractivity contribution < 1.29 is 18.7 Å². The molecule has 2 aliphatic rings. The van der Waals surface area contributed by atoms with Crippen molar-refractivity contribution in [3.05, 3.63) is 88.3 Å². The molecule has 0 bridgehead atoms. The van der Waals surface area contributed by atoms with Gasteiger partial charge in [-0.15, -0.1) is 0 Å². The van der Waals surface area contributed by atoms with E-state index in [1.807, 2.05) is 13.8 Å². The number of anilines is 1. The van der Waals surface area contributed by atoms with Crippen LogP contribution >= 0.6 is 0 Å². The smallest absolute Gasteiger partial charge is 0.355 e. The number of aliphatic hydroxyl groups is 1. The molecule has 3 aromatic heterocycles. The molecule has 1 fully saturated rings. The molecule has 4 heterocycles. The van der Waals surface area contributed by atoms with Crippen LogP contribution in [0.15, 0.2) is 59.8 Å². The van der Waals surface area contributed by atoms with E-state index in [9.17, 15) is 24.3 Å². The minimum absolute atomic E-state index is 0.0309. The number of nitrogens with zero attached hydrogens (tertiary/aromatic N) is 7. The first kappa shape index (κ1) is 30.7. The lowest BCUT2D eigenvalue weighted by atomic mass is 10.0. The lowest BCUT2D eigenvalue weighted by Crippen LogP contribution is -2.55. The van der Waals surface area contributed by atoms with Crippen molar-refractivity contribution in [1.82, 2.24) is 24.4 Å². The molecule has 228 valence electrons. The Bertz CT molecular complexity index is 1780. The molecule has 1 N–H and O–H groups in total. The number of carbonyl (C=O) groups is 1. The molecule has 5 rings (SSSR count). The molecule has 3 aromatic rings. The third-order valence-corrected chi connectivity index (χ3v) is 7.96. The Morgan fingerprint density at radius 1 is 1.30 bits per heavy atom. The molecule has 44 heavy (non-hydrogen) atoms. The predicted molar refractivity (Wildman–Crippen MR) is 162 cm³/mol. The van der Waals surface area contributed by atoms with Gasteiger partial charge in [0.2, 0.25) is 5.91 Å². The number of hydrogen-bond donors (Lipinski definition) is 1. The van der Waals surface area contributed by atoms with Crippen LogP contribution in [0.2, 0.25) is 0 Å². The summed E-state index contributed by atoms with van der Waals surface area (Å²) in [5.41, 5.74) is 0.949.